The van der Waals surface area contributed by atoms with Gasteiger partial charge in [0.15, 0.2) is 0 Å². The Morgan fingerprint density at radius 1 is 0.958 bits per heavy atom. The van der Waals surface area contributed by atoms with E-state index in [0.29, 0.717) is 0 Å². The van der Waals surface area contributed by atoms with E-state index < -0.39 is 0 Å². The molecule has 1 fully saturated rings. The van der Waals surface area contributed by atoms with Crippen LogP contribution < -0.4 is 15.3 Å². The summed E-state index contributed by atoms with van der Waals surface area (Å²) in [6.45, 7) is 4.95. The van der Waals surface area contributed by atoms with Gasteiger partial charge in [0.05, 0.1) is 7.11 Å². The van der Waals surface area contributed by atoms with Gasteiger partial charge in [0.25, 0.3) is 0 Å². The number of hydrogen-bond donors (Lipinski definition) is 0. The lowest BCUT2D eigenvalue weighted by Crippen LogP contribution is -2.18. The number of para-hydroxylation sites is 1. The van der Waals surface area contributed by atoms with Crippen LogP contribution in [-0.4, -0.2) is 30.8 Å². The van der Waals surface area contributed by atoms with Crippen molar-refractivity contribution in [3.8, 4) is 5.75 Å². The van der Waals surface area contributed by atoms with Gasteiger partial charge in [0.1, 0.15) is 5.75 Å². The third kappa shape index (κ3) is 4.01. The van der Waals surface area contributed by atoms with Crippen molar-refractivity contribution in [2.45, 2.75) is 38.0 Å². The molecule has 1 saturated heterocycles. The van der Waals surface area contributed by atoms with E-state index in [4.69, 9.17) is 4.74 Å². The molecule has 0 saturated carbocycles. The molecule has 1 aliphatic heterocycles. The first-order chi connectivity index (χ1) is 11.7. The Kier molecular flexibility index (Phi) is 6.31. The van der Waals surface area contributed by atoms with E-state index in [-0.39, 0.29) is 15.8 Å². The van der Waals surface area contributed by atoms with Crippen molar-refractivity contribution in [3.63, 3.8) is 0 Å². The summed E-state index contributed by atoms with van der Waals surface area (Å²) in [4.78, 5) is 0. The quantitative estimate of drug-likeness (QED) is 0.647. The fraction of sp³-hybridized carbons (Fsp3) is 0.429. The molecule has 0 amide bonds. The summed E-state index contributed by atoms with van der Waals surface area (Å²) in [7, 11) is 1.63. The van der Waals surface area contributed by atoms with Crippen LogP contribution in [0.2, 0.25) is 0 Å². The Labute approximate surface area is 149 Å². The normalized spacial score (nSPS) is 22.5. The molecule has 2 aromatic carbocycles. The van der Waals surface area contributed by atoms with E-state index in [1.807, 2.05) is 0 Å². The van der Waals surface area contributed by atoms with Crippen LogP contribution in [-0.2, 0) is 0 Å². The highest BCUT2D eigenvalue weighted by Gasteiger charge is 2.30. The molecule has 24 heavy (non-hydrogen) atoms. The first-order valence-electron chi connectivity index (χ1n) is 8.92. The topological polar surface area (TPSA) is 9.23 Å². The maximum Gasteiger partial charge on any atom is 0.126 e. The first kappa shape index (κ1) is 17.9. The molecule has 3 rings (SSSR count). The molecule has 1 heterocycles. The maximum absolute atomic E-state index is 5.68. The molecule has 128 valence electrons. The number of benzene rings is 2. The lowest BCUT2D eigenvalue weighted by molar-refractivity contribution is 0.418. The highest BCUT2D eigenvalue weighted by atomic mass is 31.1. The smallest absolute Gasteiger partial charge is 0.126 e. The average molecular weight is 358 g/mol. The van der Waals surface area contributed by atoms with Crippen molar-refractivity contribution in [2.75, 3.05) is 19.4 Å². The van der Waals surface area contributed by atoms with E-state index in [1.165, 1.54) is 35.8 Å². The van der Waals surface area contributed by atoms with E-state index in [0.717, 1.165) is 17.1 Å². The highest BCUT2D eigenvalue weighted by Crippen LogP contribution is 2.56. The number of rotatable bonds is 6. The Morgan fingerprint density at radius 2 is 1.58 bits per heavy atom. The molecule has 0 aromatic heterocycles. The van der Waals surface area contributed by atoms with Crippen LogP contribution >= 0.6 is 15.8 Å². The predicted octanol–water partition coefficient (Wildman–Crippen LogP) is 5.18. The van der Waals surface area contributed by atoms with E-state index in [9.17, 15) is 0 Å². The van der Waals surface area contributed by atoms with Gasteiger partial charge < -0.3 is 4.74 Å². The summed E-state index contributed by atoms with van der Waals surface area (Å²) in [5, 5.41) is 2.88. The third-order valence-electron chi connectivity index (χ3n) is 5.16. The Hall–Kier alpha value is -0.900. The van der Waals surface area contributed by atoms with Crippen LogP contribution in [0, 0.1) is 0 Å². The van der Waals surface area contributed by atoms with Crippen molar-refractivity contribution >= 4 is 26.5 Å². The van der Waals surface area contributed by atoms with Gasteiger partial charge in [-0.05, 0) is 55.8 Å². The summed E-state index contributed by atoms with van der Waals surface area (Å²) < 4.78 is 5.68. The SMILES string of the molecule is COc1ccccc1P(CCP1[C@H](C)CC[C@H]1C)c1ccccc1. The van der Waals surface area contributed by atoms with Crippen LogP contribution in [0.25, 0.3) is 0 Å². The zero-order chi connectivity index (χ0) is 16.9. The minimum absolute atomic E-state index is 0.181. The second kappa shape index (κ2) is 8.46. The monoisotopic (exact) mass is 358 g/mol. The van der Waals surface area contributed by atoms with E-state index in [2.05, 4.69) is 68.4 Å². The molecule has 3 atom stereocenters. The zero-order valence-corrected chi connectivity index (χ0v) is 16.8. The maximum atomic E-state index is 5.68. The fourth-order valence-corrected chi connectivity index (χ4v) is 10.2. The van der Waals surface area contributed by atoms with E-state index >= 15 is 0 Å². The van der Waals surface area contributed by atoms with Crippen molar-refractivity contribution in [1.29, 1.82) is 0 Å². The van der Waals surface area contributed by atoms with Crippen LogP contribution in [0.3, 0.4) is 0 Å². The summed E-state index contributed by atoms with van der Waals surface area (Å²) in [5.74, 6) is 1.05. The molecule has 1 unspecified atom stereocenters. The highest BCUT2D eigenvalue weighted by molar-refractivity contribution is 7.74. The molecule has 0 bridgehead atoms. The van der Waals surface area contributed by atoms with Crippen molar-refractivity contribution < 1.29 is 4.74 Å². The first-order valence-corrected chi connectivity index (χ1v) is 12.1. The zero-order valence-electron chi connectivity index (χ0n) is 15.0. The lowest BCUT2D eigenvalue weighted by Gasteiger charge is -2.26. The molecule has 1 aliphatic rings. The van der Waals surface area contributed by atoms with Gasteiger partial charge in [-0.2, -0.15) is 0 Å². The largest absolute Gasteiger partial charge is 0.496 e. The van der Waals surface area contributed by atoms with Gasteiger partial charge >= 0.3 is 0 Å². The summed E-state index contributed by atoms with van der Waals surface area (Å²) >= 11 is 0. The Morgan fingerprint density at radius 3 is 2.25 bits per heavy atom. The van der Waals surface area contributed by atoms with Crippen molar-refractivity contribution in [1.82, 2.24) is 0 Å². The average Bonchev–Trinajstić information content (AvgIpc) is 2.95. The van der Waals surface area contributed by atoms with Gasteiger partial charge in [-0.3, -0.25) is 0 Å². The summed E-state index contributed by atoms with van der Waals surface area (Å²) in [6, 6.07) is 19.7. The number of hydrogen-bond acceptors (Lipinski definition) is 1. The number of ether oxygens (including phenoxy) is 1. The molecule has 0 aliphatic carbocycles. The summed E-state index contributed by atoms with van der Waals surface area (Å²) in [5.41, 5.74) is 1.89. The lowest BCUT2D eigenvalue weighted by atomic mass is 10.2. The molecule has 0 spiro atoms. The van der Waals surface area contributed by atoms with Crippen LogP contribution in [0.1, 0.15) is 26.7 Å². The molecule has 2 aromatic rings. The second-order valence-corrected chi connectivity index (χ2v) is 12.2. The molecule has 3 heteroatoms. The third-order valence-corrected chi connectivity index (χ3v) is 11.6. The number of methoxy groups -OCH3 is 1. The minimum atomic E-state index is -0.341. The van der Waals surface area contributed by atoms with Gasteiger partial charge in [-0.1, -0.05) is 62.4 Å². The molecular weight excluding hydrogens is 330 g/mol. The molecular formula is C21H28OP2. The van der Waals surface area contributed by atoms with Crippen molar-refractivity contribution in [3.05, 3.63) is 54.6 Å². The molecule has 1 nitrogen and oxygen atoms in total. The van der Waals surface area contributed by atoms with Crippen molar-refractivity contribution in [2.24, 2.45) is 0 Å². The Bertz CT molecular complexity index is 633. The van der Waals surface area contributed by atoms with Gasteiger partial charge in [0, 0.05) is 5.30 Å². The summed E-state index contributed by atoms with van der Waals surface area (Å²) in [6.07, 6.45) is 5.56. The van der Waals surface area contributed by atoms with Gasteiger partial charge in [-0.15, -0.1) is 7.92 Å². The van der Waals surface area contributed by atoms with Gasteiger partial charge in [-0.25, -0.2) is 0 Å². The van der Waals surface area contributed by atoms with Crippen LogP contribution in [0.15, 0.2) is 54.6 Å². The van der Waals surface area contributed by atoms with Crippen LogP contribution in [0.4, 0.5) is 0 Å². The van der Waals surface area contributed by atoms with Gasteiger partial charge in [0.2, 0.25) is 0 Å². The minimum Gasteiger partial charge on any atom is -0.496 e. The predicted molar refractivity (Wildman–Crippen MR) is 110 cm³/mol. The second-order valence-electron chi connectivity index (χ2n) is 6.67. The molecule has 0 radical (unpaired) electrons. The molecule has 0 N–H and O–H groups in total. The van der Waals surface area contributed by atoms with Crippen LogP contribution in [0.5, 0.6) is 5.75 Å². The van der Waals surface area contributed by atoms with E-state index in [1.54, 1.807) is 7.11 Å². The fourth-order valence-electron chi connectivity index (χ4n) is 3.75. The standard InChI is InChI=1S/C21H28OP2/c1-17-13-14-18(2)23(17)15-16-24(19-9-5-4-6-10-19)21-12-8-7-11-20(21)22-3/h4-12,17-18H,13-16H2,1-3H3/t17-,18-,24?/m1/s1. The Balaban J connectivity index is 1.86.